The van der Waals surface area contributed by atoms with Crippen LogP contribution in [0.4, 0.5) is 9.18 Å². The molecule has 2 N–H and O–H groups in total. The summed E-state index contributed by atoms with van der Waals surface area (Å²) in [5.41, 5.74) is 2.06. The maximum Gasteiger partial charge on any atom is 0.317 e. The van der Waals surface area contributed by atoms with E-state index in [1.165, 1.54) is 6.07 Å². The lowest BCUT2D eigenvalue weighted by atomic mass is 9.95. The summed E-state index contributed by atoms with van der Waals surface area (Å²) in [5, 5.41) is 3.95. The third-order valence-corrected chi connectivity index (χ3v) is 4.66. The minimum Gasteiger partial charge on any atom is -0.358 e. The van der Waals surface area contributed by atoms with Gasteiger partial charge in [-0.2, -0.15) is 0 Å². The summed E-state index contributed by atoms with van der Waals surface area (Å²) >= 11 is 0. The van der Waals surface area contributed by atoms with E-state index >= 15 is 0 Å². The van der Waals surface area contributed by atoms with Crippen LogP contribution in [0.5, 0.6) is 0 Å². The number of rotatable bonds is 2. The first-order valence-electron chi connectivity index (χ1n) is 8.02. The summed E-state index contributed by atoms with van der Waals surface area (Å²) < 4.78 is 13.3. The molecule has 0 spiro atoms. The number of aromatic nitrogens is 1. The lowest BCUT2D eigenvalue weighted by Crippen LogP contribution is -2.45. The summed E-state index contributed by atoms with van der Waals surface area (Å²) in [4.78, 5) is 17.5. The molecule has 0 bridgehead atoms. The molecule has 2 fully saturated rings. The van der Waals surface area contributed by atoms with Gasteiger partial charge in [-0.1, -0.05) is 0 Å². The van der Waals surface area contributed by atoms with Crippen molar-refractivity contribution in [2.75, 3.05) is 13.1 Å². The SMILES string of the molecule is O=C(NC1CC1)N1CCCC(c2cc3cc(F)ccc3[nH]2)C1. The molecule has 0 radical (unpaired) electrons. The van der Waals surface area contributed by atoms with Gasteiger partial charge >= 0.3 is 6.03 Å². The molecular formula is C17H20FN3O. The smallest absolute Gasteiger partial charge is 0.317 e. The van der Waals surface area contributed by atoms with Gasteiger partial charge in [0.15, 0.2) is 0 Å². The van der Waals surface area contributed by atoms with Crippen molar-refractivity contribution in [3.05, 3.63) is 35.8 Å². The van der Waals surface area contributed by atoms with Crippen molar-refractivity contribution in [2.24, 2.45) is 0 Å². The minimum atomic E-state index is -0.216. The molecule has 2 heterocycles. The van der Waals surface area contributed by atoms with Crippen LogP contribution < -0.4 is 5.32 Å². The number of urea groups is 1. The molecule has 1 aliphatic heterocycles. The number of amides is 2. The van der Waals surface area contributed by atoms with Gasteiger partial charge in [0.1, 0.15) is 5.82 Å². The van der Waals surface area contributed by atoms with Crippen LogP contribution in [0.1, 0.15) is 37.3 Å². The van der Waals surface area contributed by atoms with Gasteiger partial charge in [-0.15, -0.1) is 0 Å². The highest BCUT2D eigenvalue weighted by Gasteiger charge is 2.29. The van der Waals surface area contributed by atoms with Gasteiger partial charge in [-0.25, -0.2) is 9.18 Å². The molecule has 1 saturated heterocycles. The quantitative estimate of drug-likeness (QED) is 0.878. The number of hydrogen-bond acceptors (Lipinski definition) is 1. The van der Waals surface area contributed by atoms with Crippen molar-refractivity contribution >= 4 is 16.9 Å². The van der Waals surface area contributed by atoms with E-state index in [1.54, 1.807) is 12.1 Å². The molecule has 4 nitrogen and oxygen atoms in total. The van der Waals surface area contributed by atoms with Crippen molar-refractivity contribution in [1.82, 2.24) is 15.2 Å². The van der Waals surface area contributed by atoms with Gasteiger partial charge in [0.05, 0.1) is 0 Å². The number of likely N-dealkylation sites (tertiary alicyclic amines) is 1. The van der Waals surface area contributed by atoms with Gasteiger partial charge in [0.2, 0.25) is 0 Å². The number of aromatic amines is 1. The first kappa shape index (κ1) is 13.6. The number of benzene rings is 1. The molecule has 2 aromatic rings. The Morgan fingerprint density at radius 2 is 2.14 bits per heavy atom. The maximum atomic E-state index is 13.3. The van der Waals surface area contributed by atoms with Crippen LogP contribution >= 0.6 is 0 Å². The molecule has 1 aromatic heterocycles. The second-order valence-electron chi connectivity index (χ2n) is 6.47. The fraction of sp³-hybridized carbons (Fsp3) is 0.471. The Morgan fingerprint density at radius 1 is 1.27 bits per heavy atom. The topological polar surface area (TPSA) is 48.1 Å². The minimum absolute atomic E-state index is 0.0642. The number of fused-ring (bicyclic) bond motifs is 1. The molecule has 1 aliphatic carbocycles. The van der Waals surface area contributed by atoms with E-state index < -0.39 is 0 Å². The molecule has 1 saturated carbocycles. The van der Waals surface area contributed by atoms with Crippen LogP contribution in [0.15, 0.2) is 24.3 Å². The van der Waals surface area contributed by atoms with Gasteiger partial charge in [-0.05, 0) is 49.9 Å². The van der Waals surface area contributed by atoms with E-state index in [9.17, 15) is 9.18 Å². The van der Waals surface area contributed by atoms with E-state index in [1.807, 2.05) is 11.0 Å². The van der Waals surface area contributed by atoms with Crippen LogP contribution in [0.3, 0.4) is 0 Å². The third kappa shape index (κ3) is 2.67. The normalized spacial score (nSPS) is 22.0. The summed E-state index contributed by atoms with van der Waals surface area (Å²) in [6.07, 6.45) is 4.28. The highest BCUT2D eigenvalue weighted by Crippen LogP contribution is 2.29. The molecule has 2 amide bonds. The van der Waals surface area contributed by atoms with Crippen LogP contribution in [-0.2, 0) is 0 Å². The van der Waals surface area contributed by atoms with Crippen LogP contribution in [0.25, 0.3) is 10.9 Å². The average Bonchev–Trinajstić information content (AvgIpc) is 3.23. The number of nitrogens with zero attached hydrogens (tertiary/aromatic N) is 1. The van der Waals surface area contributed by atoms with E-state index in [0.717, 1.165) is 55.4 Å². The molecular weight excluding hydrogens is 281 g/mol. The van der Waals surface area contributed by atoms with Crippen molar-refractivity contribution in [2.45, 2.75) is 37.6 Å². The molecule has 22 heavy (non-hydrogen) atoms. The standard InChI is InChI=1S/C17H20FN3O/c18-13-3-6-15-12(8-13)9-16(20-15)11-2-1-7-21(10-11)17(22)19-14-4-5-14/h3,6,8-9,11,14,20H,1-2,4-5,7,10H2,(H,19,22). The number of carbonyl (C=O) groups excluding carboxylic acids is 1. The maximum absolute atomic E-state index is 13.3. The molecule has 116 valence electrons. The van der Waals surface area contributed by atoms with Crippen molar-refractivity contribution in [3.63, 3.8) is 0 Å². The first-order chi connectivity index (χ1) is 10.7. The second kappa shape index (κ2) is 5.30. The number of piperidine rings is 1. The monoisotopic (exact) mass is 301 g/mol. The summed E-state index contributed by atoms with van der Waals surface area (Å²) in [5.74, 6) is 0.0845. The van der Waals surface area contributed by atoms with E-state index in [0.29, 0.717) is 12.0 Å². The highest BCUT2D eigenvalue weighted by atomic mass is 19.1. The van der Waals surface area contributed by atoms with Crippen molar-refractivity contribution in [3.8, 4) is 0 Å². The van der Waals surface area contributed by atoms with E-state index in [-0.39, 0.29) is 11.8 Å². The Bertz CT molecular complexity index is 707. The molecule has 1 aromatic carbocycles. The number of hydrogen-bond donors (Lipinski definition) is 2. The summed E-state index contributed by atoms with van der Waals surface area (Å²) in [7, 11) is 0. The zero-order valence-electron chi connectivity index (χ0n) is 12.4. The fourth-order valence-electron chi connectivity index (χ4n) is 3.25. The molecule has 1 atom stereocenters. The Labute approximate surface area is 128 Å². The Hall–Kier alpha value is -2.04. The molecule has 2 aliphatic rings. The molecule has 5 heteroatoms. The van der Waals surface area contributed by atoms with Gasteiger partial charge in [-0.3, -0.25) is 0 Å². The van der Waals surface area contributed by atoms with Gasteiger partial charge in [0.25, 0.3) is 0 Å². The Balaban J connectivity index is 1.51. The predicted octanol–water partition coefficient (Wildman–Crippen LogP) is 3.36. The van der Waals surface area contributed by atoms with E-state index in [2.05, 4.69) is 10.3 Å². The lowest BCUT2D eigenvalue weighted by molar-refractivity contribution is 0.178. The van der Waals surface area contributed by atoms with Crippen molar-refractivity contribution < 1.29 is 9.18 Å². The highest BCUT2D eigenvalue weighted by molar-refractivity contribution is 5.80. The summed E-state index contributed by atoms with van der Waals surface area (Å²) in [6.45, 7) is 1.55. The fourth-order valence-corrected chi connectivity index (χ4v) is 3.25. The number of carbonyl (C=O) groups is 1. The number of nitrogens with one attached hydrogen (secondary N) is 2. The van der Waals surface area contributed by atoms with Crippen LogP contribution in [0.2, 0.25) is 0 Å². The van der Waals surface area contributed by atoms with E-state index in [4.69, 9.17) is 0 Å². The van der Waals surface area contributed by atoms with Crippen molar-refractivity contribution in [1.29, 1.82) is 0 Å². The van der Waals surface area contributed by atoms with Gasteiger partial charge < -0.3 is 15.2 Å². The Morgan fingerprint density at radius 3 is 2.95 bits per heavy atom. The zero-order chi connectivity index (χ0) is 15.1. The first-order valence-corrected chi connectivity index (χ1v) is 8.02. The van der Waals surface area contributed by atoms with Gasteiger partial charge in [0, 0.05) is 41.6 Å². The second-order valence-corrected chi connectivity index (χ2v) is 6.47. The van der Waals surface area contributed by atoms with Crippen LogP contribution in [-0.4, -0.2) is 35.0 Å². The lowest BCUT2D eigenvalue weighted by Gasteiger charge is -2.32. The third-order valence-electron chi connectivity index (χ3n) is 4.66. The predicted molar refractivity (Wildman–Crippen MR) is 83.4 cm³/mol. The Kier molecular flexibility index (Phi) is 3.28. The number of halogens is 1. The zero-order valence-corrected chi connectivity index (χ0v) is 12.4. The number of H-pyrrole nitrogens is 1. The largest absolute Gasteiger partial charge is 0.358 e. The average molecular weight is 301 g/mol. The molecule has 4 rings (SSSR count). The van der Waals surface area contributed by atoms with Crippen LogP contribution in [0, 0.1) is 5.82 Å². The molecule has 1 unspecified atom stereocenters. The summed E-state index contributed by atoms with van der Waals surface area (Å²) in [6, 6.07) is 7.27.